The Balaban J connectivity index is 5.21. The van der Waals surface area contributed by atoms with Gasteiger partial charge in [-0.1, -0.05) is 34.1 Å². The van der Waals surface area contributed by atoms with Gasteiger partial charge in [-0.15, -0.1) is 0 Å². The molecule has 3 amide bonds. The van der Waals surface area contributed by atoms with E-state index in [-0.39, 0.29) is 24.7 Å². The summed E-state index contributed by atoms with van der Waals surface area (Å²) in [6.45, 7) is 6.35. The molecular formula is C18H32N4O7. The number of rotatable bonds is 13. The minimum absolute atomic E-state index is 0.0811. The van der Waals surface area contributed by atoms with E-state index in [1.54, 1.807) is 20.8 Å². The molecule has 11 nitrogen and oxygen atoms in total. The largest absolute Gasteiger partial charge is 0.481 e. The molecule has 0 bridgehead atoms. The number of carbonyl (C=O) groups excluding carboxylic acids is 3. The van der Waals surface area contributed by atoms with Crippen molar-refractivity contribution in [2.24, 2.45) is 17.6 Å². The molecule has 4 unspecified atom stereocenters. The van der Waals surface area contributed by atoms with E-state index in [9.17, 15) is 24.0 Å². The van der Waals surface area contributed by atoms with Gasteiger partial charge in [0.1, 0.15) is 18.6 Å². The average molecular weight is 416 g/mol. The highest BCUT2D eigenvalue weighted by atomic mass is 16.4. The molecule has 0 rings (SSSR count). The molecule has 0 aliphatic carbocycles. The molecule has 0 radical (unpaired) electrons. The Morgan fingerprint density at radius 1 is 0.862 bits per heavy atom. The number of amides is 3. The molecule has 0 fully saturated rings. The molecule has 29 heavy (non-hydrogen) atoms. The maximum absolute atomic E-state index is 12.8. The lowest BCUT2D eigenvalue weighted by Crippen LogP contribution is -2.59. The normalized spacial score (nSPS) is 15.0. The van der Waals surface area contributed by atoms with Crippen LogP contribution in [-0.4, -0.2) is 64.5 Å². The van der Waals surface area contributed by atoms with Crippen molar-refractivity contribution in [3.8, 4) is 0 Å². The standard InChI is InChI=1S/C18H32N4O7/c1-5-10(4)15(22-16(27)11(19)6-7-12(23)24)18(29)21-14(9(2)3)17(28)20-8-13(25)26/h9-11,14-15H,5-8,19H2,1-4H3,(H,20,28)(H,21,29)(H,22,27)(H,23,24)(H,25,26). The van der Waals surface area contributed by atoms with E-state index in [1.807, 2.05) is 6.92 Å². The monoisotopic (exact) mass is 416 g/mol. The second-order valence-corrected chi connectivity index (χ2v) is 7.25. The number of aliphatic carboxylic acids is 2. The Morgan fingerprint density at radius 3 is 1.86 bits per heavy atom. The number of carboxylic acid groups (broad SMARTS) is 2. The predicted octanol–water partition coefficient (Wildman–Crippen LogP) is -0.949. The highest BCUT2D eigenvalue weighted by Crippen LogP contribution is 2.11. The fourth-order valence-corrected chi connectivity index (χ4v) is 2.42. The molecule has 0 aliphatic rings. The van der Waals surface area contributed by atoms with Gasteiger partial charge in [0.25, 0.3) is 0 Å². The minimum Gasteiger partial charge on any atom is -0.481 e. The van der Waals surface area contributed by atoms with Crippen LogP contribution in [0.3, 0.4) is 0 Å². The lowest BCUT2D eigenvalue weighted by molar-refractivity contribution is -0.139. The van der Waals surface area contributed by atoms with Crippen molar-refractivity contribution in [1.29, 1.82) is 0 Å². The van der Waals surface area contributed by atoms with Crippen molar-refractivity contribution < 1.29 is 34.2 Å². The third-order valence-corrected chi connectivity index (χ3v) is 4.46. The maximum atomic E-state index is 12.8. The zero-order valence-electron chi connectivity index (χ0n) is 17.2. The van der Waals surface area contributed by atoms with Gasteiger partial charge in [0, 0.05) is 6.42 Å². The van der Waals surface area contributed by atoms with Crippen LogP contribution in [0.15, 0.2) is 0 Å². The van der Waals surface area contributed by atoms with Gasteiger partial charge in [0.2, 0.25) is 17.7 Å². The van der Waals surface area contributed by atoms with Gasteiger partial charge in [-0.05, 0) is 18.3 Å². The first kappa shape index (κ1) is 26.3. The maximum Gasteiger partial charge on any atom is 0.322 e. The fraction of sp³-hybridized carbons (Fsp3) is 0.722. The topological polar surface area (TPSA) is 188 Å². The second-order valence-electron chi connectivity index (χ2n) is 7.25. The van der Waals surface area contributed by atoms with E-state index in [0.29, 0.717) is 6.42 Å². The van der Waals surface area contributed by atoms with Gasteiger partial charge >= 0.3 is 11.9 Å². The molecule has 4 atom stereocenters. The third kappa shape index (κ3) is 9.88. The Morgan fingerprint density at radius 2 is 1.41 bits per heavy atom. The molecular weight excluding hydrogens is 384 g/mol. The number of hydrogen-bond acceptors (Lipinski definition) is 6. The number of nitrogens with one attached hydrogen (secondary N) is 3. The highest BCUT2D eigenvalue weighted by Gasteiger charge is 2.32. The van der Waals surface area contributed by atoms with Crippen molar-refractivity contribution in [1.82, 2.24) is 16.0 Å². The molecule has 0 aromatic rings. The molecule has 0 aromatic carbocycles. The number of nitrogens with two attached hydrogens (primary N) is 1. The Kier molecular flexibility index (Phi) is 11.5. The first-order valence-corrected chi connectivity index (χ1v) is 9.48. The SMILES string of the molecule is CCC(C)C(NC(=O)C(N)CCC(=O)O)C(=O)NC(C(=O)NCC(=O)O)C(C)C. The van der Waals surface area contributed by atoms with Crippen LogP contribution in [0.25, 0.3) is 0 Å². The van der Waals surface area contributed by atoms with Crippen molar-refractivity contribution >= 4 is 29.7 Å². The van der Waals surface area contributed by atoms with E-state index in [4.69, 9.17) is 15.9 Å². The minimum atomic E-state index is -1.22. The summed E-state index contributed by atoms with van der Waals surface area (Å²) in [5, 5.41) is 24.7. The Hall–Kier alpha value is -2.69. The van der Waals surface area contributed by atoms with Crippen LogP contribution in [0, 0.1) is 11.8 Å². The summed E-state index contributed by atoms with van der Waals surface area (Å²) in [6.07, 6.45) is 0.177. The molecule has 0 aliphatic heterocycles. The molecule has 0 spiro atoms. The van der Waals surface area contributed by atoms with Crippen LogP contribution >= 0.6 is 0 Å². The van der Waals surface area contributed by atoms with E-state index >= 15 is 0 Å². The first-order valence-electron chi connectivity index (χ1n) is 9.48. The number of carbonyl (C=O) groups is 5. The van der Waals surface area contributed by atoms with Crippen LogP contribution in [-0.2, 0) is 24.0 Å². The van der Waals surface area contributed by atoms with Gasteiger partial charge in [0.15, 0.2) is 0 Å². The van der Waals surface area contributed by atoms with Gasteiger partial charge in [0.05, 0.1) is 6.04 Å². The van der Waals surface area contributed by atoms with E-state index in [0.717, 1.165) is 0 Å². The average Bonchev–Trinajstić information content (AvgIpc) is 2.64. The van der Waals surface area contributed by atoms with Crippen LogP contribution in [0.5, 0.6) is 0 Å². The van der Waals surface area contributed by atoms with E-state index in [1.165, 1.54) is 0 Å². The van der Waals surface area contributed by atoms with E-state index in [2.05, 4.69) is 16.0 Å². The number of hydrogen-bond donors (Lipinski definition) is 6. The van der Waals surface area contributed by atoms with Gasteiger partial charge in [-0.3, -0.25) is 24.0 Å². The smallest absolute Gasteiger partial charge is 0.322 e. The summed E-state index contributed by atoms with van der Waals surface area (Å²) in [5.41, 5.74) is 5.69. The Bertz CT molecular complexity index is 609. The Labute approximate surface area is 169 Å². The summed E-state index contributed by atoms with van der Waals surface area (Å²) >= 11 is 0. The van der Waals surface area contributed by atoms with Crippen molar-refractivity contribution in [3.05, 3.63) is 0 Å². The first-order chi connectivity index (χ1) is 13.4. The molecule has 0 saturated carbocycles. The van der Waals surface area contributed by atoms with Crippen molar-refractivity contribution in [2.75, 3.05) is 6.54 Å². The van der Waals surface area contributed by atoms with E-state index < -0.39 is 54.3 Å². The molecule has 11 heteroatoms. The predicted molar refractivity (Wildman–Crippen MR) is 104 cm³/mol. The number of carboxylic acids is 2. The third-order valence-electron chi connectivity index (χ3n) is 4.46. The van der Waals surface area contributed by atoms with Crippen LogP contribution in [0.4, 0.5) is 0 Å². The van der Waals surface area contributed by atoms with Crippen molar-refractivity contribution in [3.63, 3.8) is 0 Å². The van der Waals surface area contributed by atoms with Crippen LogP contribution in [0.2, 0.25) is 0 Å². The quantitative estimate of drug-likeness (QED) is 0.221. The van der Waals surface area contributed by atoms with Crippen LogP contribution < -0.4 is 21.7 Å². The van der Waals surface area contributed by atoms with Gasteiger partial charge in [-0.2, -0.15) is 0 Å². The van der Waals surface area contributed by atoms with Crippen LogP contribution in [0.1, 0.15) is 47.0 Å². The molecule has 0 heterocycles. The summed E-state index contributed by atoms with van der Waals surface area (Å²) in [5.74, 6) is -4.85. The molecule has 166 valence electrons. The fourth-order valence-electron chi connectivity index (χ4n) is 2.42. The summed E-state index contributed by atoms with van der Waals surface area (Å²) in [4.78, 5) is 58.5. The van der Waals surface area contributed by atoms with Gasteiger partial charge in [-0.25, -0.2) is 0 Å². The molecule has 0 saturated heterocycles. The zero-order chi connectivity index (χ0) is 22.7. The molecule has 7 N–H and O–H groups in total. The molecule has 0 aromatic heterocycles. The van der Waals surface area contributed by atoms with Crippen molar-refractivity contribution in [2.45, 2.75) is 65.1 Å². The lowest BCUT2D eigenvalue weighted by Gasteiger charge is -2.28. The lowest BCUT2D eigenvalue weighted by atomic mass is 9.96. The highest BCUT2D eigenvalue weighted by molar-refractivity contribution is 5.94. The second kappa shape index (κ2) is 12.7. The summed E-state index contributed by atoms with van der Waals surface area (Å²) in [7, 11) is 0. The summed E-state index contributed by atoms with van der Waals surface area (Å²) in [6, 6.07) is -3.08. The zero-order valence-corrected chi connectivity index (χ0v) is 17.2. The summed E-state index contributed by atoms with van der Waals surface area (Å²) < 4.78 is 0. The van der Waals surface area contributed by atoms with Gasteiger partial charge < -0.3 is 31.9 Å².